The molecule has 188 valence electrons. The van der Waals surface area contributed by atoms with Gasteiger partial charge < -0.3 is 15.7 Å². The van der Waals surface area contributed by atoms with Gasteiger partial charge in [0.2, 0.25) is 5.91 Å². The number of aliphatic hydroxyl groups is 1. The van der Waals surface area contributed by atoms with Gasteiger partial charge in [0.05, 0.1) is 23.8 Å². The first-order valence-corrected chi connectivity index (χ1v) is 11.7. The van der Waals surface area contributed by atoms with Crippen LogP contribution in [0.4, 0.5) is 13.2 Å². The molecule has 1 aromatic heterocycles. The summed E-state index contributed by atoms with van der Waals surface area (Å²) in [5.74, 6) is -1.13. The lowest BCUT2D eigenvalue weighted by molar-refractivity contribution is -0.137. The number of rotatable bonds is 6. The third-order valence-corrected chi connectivity index (χ3v) is 6.80. The maximum atomic E-state index is 12.8. The van der Waals surface area contributed by atoms with Crippen molar-refractivity contribution in [2.75, 3.05) is 19.6 Å². The Bertz CT molecular complexity index is 1080. The summed E-state index contributed by atoms with van der Waals surface area (Å²) in [5.41, 5.74) is -0.373. The van der Waals surface area contributed by atoms with Crippen molar-refractivity contribution in [1.29, 1.82) is 0 Å². The highest BCUT2D eigenvalue weighted by Crippen LogP contribution is 2.38. The van der Waals surface area contributed by atoms with E-state index in [4.69, 9.17) is 0 Å². The van der Waals surface area contributed by atoms with Gasteiger partial charge >= 0.3 is 6.18 Å². The highest BCUT2D eigenvalue weighted by molar-refractivity contribution is 5.96. The molecule has 0 unspecified atom stereocenters. The average molecular weight is 491 g/mol. The van der Waals surface area contributed by atoms with Gasteiger partial charge in [-0.3, -0.25) is 19.5 Å². The quantitative estimate of drug-likeness (QED) is 0.579. The maximum absolute atomic E-state index is 12.8. The van der Waals surface area contributed by atoms with E-state index in [1.807, 2.05) is 25.1 Å². The first kappa shape index (κ1) is 25.1. The van der Waals surface area contributed by atoms with E-state index in [0.717, 1.165) is 42.4 Å². The van der Waals surface area contributed by atoms with Crippen molar-refractivity contribution in [1.82, 2.24) is 20.5 Å². The zero-order chi connectivity index (χ0) is 25.2. The van der Waals surface area contributed by atoms with E-state index in [1.165, 1.54) is 6.07 Å². The Balaban J connectivity index is 1.18. The second-order valence-electron chi connectivity index (χ2n) is 9.41. The topological polar surface area (TPSA) is 94.6 Å². The first-order valence-electron chi connectivity index (χ1n) is 11.7. The summed E-state index contributed by atoms with van der Waals surface area (Å²) in [5, 5.41) is 16.3. The molecular weight excluding hydrogens is 461 g/mol. The van der Waals surface area contributed by atoms with Gasteiger partial charge in [-0.1, -0.05) is 12.1 Å². The van der Waals surface area contributed by atoms with Crippen molar-refractivity contribution in [2.24, 2.45) is 0 Å². The summed E-state index contributed by atoms with van der Waals surface area (Å²) in [6.45, 7) is 2.95. The summed E-state index contributed by atoms with van der Waals surface area (Å²) < 4.78 is 38.4. The fourth-order valence-corrected chi connectivity index (χ4v) is 4.78. The Morgan fingerprint density at radius 2 is 1.83 bits per heavy atom. The zero-order valence-electron chi connectivity index (χ0n) is 19.4. The SMILES string of the molecule is Cc1cccc(C2(O)CCC(N3CC(NC(=O)CNC(=O)c4cccc(C(F)(F)F)c4)C3)CC2)n1. The molecule has 10 heteroatoms. The minimum absolute atomic E-state index is 0.0489. The van der Waals surface area contributed by atoms with Crippen molar-refractivity contribution >= 4 is 11.8 Å². The largest absolute Gasteiger partial charge is 0.416 e. The molecule has 0 bridgehead atoms. The summed E-state index contributed by atoms with van der Waals surface area (Å²) in [6, 6.07) is 10.0. The number of likely N-dealkylation sites (tertiary alicyclic amines) is 1. The van der Waals surface area contributed by atoms with Crippen LogP contribution in [-0.2, 0) is 16.6 Å². The van der Waals surface area contributed by atoms with Crippen LogP contribution in [0.2, 0.25) is 0 Å². The molecule has 1 aliphatic carbocycles. The van der Waals surface area contributed by atoms with Crippen molar-refractivity contribution in [3.63, 3.8) is 0 Å². The van der Waals surface area contributed by atoms with Crippen molar-refractivity contribution in [2.45, 2.75) is 56.5 Å². The normalized spacial score (nSPS) is 23.4. The smallest absolute Gasteiger partial charge is 0.384 e. The Hall–Kier alpha value is -2.98. The molecule has 2 amide bonds. The lowest BCUT2D eigenvalue weighted by Gasteiger charge is -2.48. The molecule has 35 heavy (non-hydrogen) atoms. The molecule has 1 aliphatic heterocycles. The Morgan fingerprint density at radius 3 is 2.49 bits per heavy atom. The molecule has 4 rings (SSSR count). The second-order valence-corrected chi connectivity index (χ2v) is 9.41. The molecule has 0 atom stereocenters. The number of aromatic nitrogens is 1. The van der Waals surface area contributed by atoms with Crippen molar-refractivity contribution in [3.05, 3.63) is 65.0 Å². The van der Waals surface area contributed by atoms with Gasteiger partial charge in [0.15, 0.2) is 0 Å². The molecule has 1 saturated carbocycles. The number of nitrogens with one attached hydrogen (secondary N) is 2. The van der Waals surface area contributed by atoms with E-state index in [-0.39, 0.29) is 18.2 Å². The number of pyridine rings is 1. The standard InChI is InChI=1S/C25H29F3N4O3/c1-16-4-2-7-21(30-16)24(35)10-8-20(9-11-24)32-14-19(15-32)31-22(33)13-29-23(34)17-5-3-6-18(12-17)25(26,27)28/h2-7,12,19-20,35H,8-11,13-15H2,1H3,(H,29,34)(H,31,33). The lowest BCUT2D eigenvalue weighted by atomic mass is 9.78. The molecular formula is C25H29F3N4O3. The van der Waals surface area contributed by atoms with Crippen LogP contribution in [0.1, 0.15) is 53.0 Å². The van der Waals surface area contributed by atoms with Crippen LogP contribution >= 0.6 is 0 Å². The van der Waals surface area contributed by atoms with E-state index in [0.29, 0.717) is 32.0 Å². The zero-order valence-corrected chi connectivity index (χ0v) is 19.4. The monoisotopic (exact) mass is 490 g/mol. The molecule has 2 fully saturated rings. The van der Waals surface area contributed by atoms with E-state index < -0.39 is 29.2 Å². The Kier molecular flexibility index (Phi) is 7.14. The van der Waals surface area contributed by atoms with Crippen molar-refractivity contribution < 1.29 is 27.9 Å². The molecule has 0 spiro atoms. The predicted molar refractivity (Wildman–Crippen MR) is 122 cm³/mol. The van der Waals surface area contributed by atoms with Crippen LogP contribution in [0.15, 0.2) is 42.5 Å². The number of carbonyl (C=O) groups excluding carboxylic acids is 2. The number of amides is 2. The van der Waals surface area contributed by atoms with Gasteiger partial charge in [-0.15, -0.1) is 0 Å². The van der Waals surface area contributed by atoms with E-state index in [2.05, 4.69) is 20.5 Å². The Morgan fingerprint density at radius 1 is 1.14 bits per heavy atom. The van der Waals surface area contributed by atoms with Gasteiger partial charge in [0, 0.05) is 30.4 Å². The summed E-state index contributed by atoms with van der Waals surface area (Å²) in [4.78, 5) is 31.1. The van der Waals surface area contributed by atoms with Crippen LogP contribution in [0, 0.1) is 6.92 Å². The highest BCUT2D eigenvalue weighted by Gasteiger charge is 2.41. The van der Waals surface area contributed by atoms with Crippen LogP contribution in [0.25, 0.3) is 0 Å². The number of aryl methyl sites for hydroxylation is 1. The lowest BCUT2D eigenvalue weighted by Crippen LogP contribution is -2.63. The van der Waals surface area contributed by atoms with Gasteiger partial charge in [-0.05, 0) is 62.9 Å². The van der Waals surface area contributed by atoms with Gasteiger partial charge in [-0.25, -0.2) is 0 Å². The molecule has 2 heterocycles. The summed E-state index contributed by atoms with van der Waals surface area (Å²) in [7, 11) is 0. The fourth-order valence-electron chi connectivity index (χ4n) is 4.78. The summed E-state index contributed by atoms with van der Waals surface area (Å²) >= 11 is 0. The van der Waals surface area contributed by atoms with E-state index >= 15 is 0 Å². The molecule has 2 aliphatic rings. The molecule has 0 radical (unpaired) electrons. The fraction of sp³-hybridized carbons (Fsp3) is 0.480. The predicted octanol–water partition coefficient (Wildman–Crippen LogP) is 2.77. The number of benzene rings is 1. The van der Waals surface area contributed by atoms with E-state index in [9.17, 15) is 27.9 Å². The maximum Gasteiger partial charge on any atom is 0.416 e. The second kappa shape index (κ2) is 9.94. The van der Waals surface area contributed by atoms with Gasteiger partial charge in [0.1, 0.15) is 5.60 Å². The molecule has 1 saturated heterocycles. The third-order valence-electron chi connectivity index (χ3n) is 6.80. The third kappa shape index (κ3) is 5.99. The Labute approximate surface area is 201 Å². The van der Waals surface area contributed by atoms with E-state index in [1.54, 1.807) is 0 Å². The van der Waals surface area contributed by atoms with Crippen LogP contribution < -0.4 is 10.6 Å². The van der Waals surface area contributed by atoms with Gasteiger partial charge in [-0.2, -0.15) is 13.2 Å². The number of alkyl halides is 3. The molecule has 3 N–H and O–H groups in total. The highest BCUT2D eigenvalue weighted by atomic mass is 19.4. The summed E-state index contributed by atoms with van der Waals surface area (Å²) in [6.07, 6.45) is -1.62. The first-order chi connectivity index (χ1) is 16.5. The molecule has 7 nitrogen and oxygen atoms in total. The average Bonchev–Trinajstić information content (AvgIpc) is 2.80. The minimum atomic E-state index is -4.54. The van der Waals surface area contributed by atoms with Crippen molar-refractivity contribution in [3.8, 4) is 0 Å². The number of hydrogen-bond acceptors (Lipinski definition) is 5. The number of halogens is 3. The van der Waals surface area contributed by atoms with Crippen LogP contribution in [0.5, 0.6) is 0 Å². The minimum Gasteiger partial charge on any atom is -0.384 e. The number of hydrogen-bond donors (Lipinski definition) is 3. The number of carbonyl (C=O) groups is 2. The van der Waals surface area contributed by atoms with Crippen LogP contribution in [-0.4, -0.2) is 58.5 Å². The van der Waals surface area contributed by atoms with Crippen LogP contribution in [0.3, 0.4) is 0 Å². The molecule has 2 aromatic rings. The van der Waals surface area contributed by atoms with Gasteiger partial charge in [0.25, 0.3) is 5.91 Å². The molecule has 1 aromatic carbocycles. The number of nitrogens with zero attached hydrogens (tertiary/aromatic N) is 2.